The molecular formula is C17H18BrClN2. The highest BCUT2D eigenvalue weighted by Gasteiger charge is 2.32. The molecule has 1 saturated heterocycles. The van der Waals surface area contributed by atoms with Gasteiger partial charge in [0.15, 0.2) is 0 Å². The highest BCUT2D eigenvalue weighted by atomic mass is 79.9. The van der Waals surface area contributed by atoms with E-state index < -0.39 is 0 Å². The fraction of sp³-hybridized carbons (Fsp3) is 0.294. The molecule has 1 atom stereocenters. The Kier molecular flexibility index (Phi) is 4.25. The predicted molar refractivity (Wildman–Crippen MR) is 93.2 cm³/mol. The van der Waals surface area contributed by atoms with Gasteiger partial charge in [-0.2, -0.15) is 0 Å². The van der Waals surface area contributed by atoms with Gasteiger partial charge in [0.2, 0.25) is 0 Å². The number of anilines is 1. The van der Waals surface area contributed by atoms with E-state index in [-0.39, 0.29) is 5.54 Å². The van der Waals surface area contributed by atoms with Crippen molar-refractivity contribution in [1.29, 1.82) is 0 Å². The minimum absolute atomic E-state index is 0.0426. The molecule has 0 aliphatic carbocycles. The fourth-order valence-electron chi connectivity index (χ4n) is 2.88. The molecule has 2 aromatic rings. The maximum Gasteiger partial charge on any atom is 0.0584 e. The van der Waals surface area contributed by atoms with Crippen molar-refractivity contribution in [2.75, 3.05) is 24.5 Å². The minimum atomic E-state index is -0.0426. The molecule has 2 nitrogen and oxygen atoms in total. The zero-order chi connectivity index (χ0) is 14.9. The van der Waals surface area contributed by atoms with Gasteiger partial charge < -0.3 is 10.2 Å². The summed E-state index contributed by atoms with van der Waals surface area (Å²) in [7, 11) is 0. The third-order valence-electron chi connectivity index (χ3n) is 4.08. The van der Waals surface area contributed by atoms with Gasteiger partial charge in [0, 0.05) is 29.8 Å². The van der Waals surface area contributed by atoms with Crippen LogP contribution in [-0.4, -0.2) is 19.6 Å². The first-order chi connectivity index (χ1) is 10.1. The number of nitrogens with zero attached hydrogens (tertiary/aromatic N) is 1. The molecule has 0 saturated carbocycles. The largest absolute Gasteiger partial charge is 0.368 e. The van der Waals surface area contributed by atoms with Gasteiger partial charge in [-0.1, -0.05) is 41.9 Å². The fourth-order valence-corrected chi connectivity index (χ4v) is 3.31. The van der Waals surface area contributed by atoms with Crippen LogP contribution in [0.1, 0.15) is 12.5 Å². The van der Waals surface area contributed by atoms with E-state index in [0.29, 0.717) is 0 Å². The summed E-state index contributed by atoms with van der Waals surface area (Å²) < 4.78 is 0.939. The molecule has 0 radical (unpaired) electrons. The van der Waals surface area contributed by atoms with Crippen molar-refractivity contribution >= 4 is 33.2 Å². The topological polar surface area (TPSA) is 15.3 Å². The van der Waals surface area contributed by atoms with E-state index in [4.69, 9.17) is 11.6 Å². The number of halogens is 2. The van der Waals surface area contributed by atoms with Crippen molar-refractivity contribution in [3.8, 4) is 0 Å². The number of benzene rings is 2. The second-order valence-electron chi connectivity index (χ2n) is 5.64. The van der Waals surface area contributed by atoms with Crippen molar-refractivity contribution in [1.82, 2.24) is 5.32 Å². The van der Waals surface area contributed by atoms with E-state index in [1.54, 1.807) is 0 Å². The van der Waals surface area contributed by atoms with Crippen LogP contribution in [0.5, 0.6) is 0 Å². The summed E-state index contributed by atoms with van der Waals surface area (Å²) in [6.45, 7) is 5.13. The summed E-state index contributed by atoms with van der Waals surface area (Å²) >= 11 is 9.68. The molecule has 1 aliphatic rings. The van der Waals surface area contributed by atoms with Gasteiger partial charge in [-0.3, -0.25) is 0 Å². The molecule has 2 aromatic carbocycles. The normalized spacial score (nSPS) is 22.3. The average molecular weight is 366 g/mol. The van der Waals surface area contributed by atoms with E-state index in [0.717, 1.165) is 29.1 Å². The standard InChI is InChI=1S/C17H18BrClN2/c1-17(13-5-3-2-4-6-13)12-21(10-9-20-17)14-7-8-15(18)16(19)11-14/h2-8,11,20H,9-10,12H2,1H3. The van der Waals surface area contributed by atoms with Gasteiger partial charge >= 0.3 is 0 Å². The molecule has 3 rings (SSSR count). The summed E-state index contributed by atoms with van der Waals surface area (Å²) in [6, 6.07) is 16.8. The number of rotatable bonds is 2. The number of nitrogens with one attached hydrogen (secondary N) is 1. The molecule has 21 heavy (non-hydrogen) atoms. The number of piperazine rings is 1. The van der Waals surface area contributed by atoms with E-state index in [1.807, 2.05) is 12.1 Å². The van der Waals surface area contributed by atoms with Gasteiger partial charge in [-0.05, 0) is 46.6 Å². The second-order valence-corrected chi connectivity index (χ2v) is 6.91. The van der Waals surface area contributed by atoms with Gasteiger partial charge in [0.25, 0.3) is 0 Å². The SMILES string of the molecule is CC1(c2ccccc2)CN(c2ccc(Br)c(Cl)c2)CCN1. The highest BCUT2D eigenvalue weighted by Crippen LogP contribution is 2.31. The Balaban J connectivity index is 1.87. The summed E-state index contributed by atoms with van der Waals surface area (Å²) in [4.78, 5) is 2.39. The van der Waals surface area contributed by atoms with Crippen molar-refractivity contribution in [3.63, 3.8) is 0 Å². The van der Waals surface area contributed by atoms with Crippen LogP contribution in [0, 0.1) is 0 Å². The molecule has 0 aromatic heterocycles. The zero-order valence-electron chi connectivity index (χ0n) is 11.9. The van der Waals surface area contributed by atoms with Crippen molar-refractivity contribution < 1.29 is 0 Å². The summed E-state index contributed by atoms with van der Waals surface area (Å²) in [5, 5.41) is 4.41. The Morgan fingerprint density at radius 1 is 1.19 bits per heavy atom. The van der Waals surface area contributed by atoms with Crippen LogP contribution in [0.15, 0.2) is 53.0 Å². The third kappa shape index (κ3) is 3.10. The van der Waals surface area contributed by atoms with Gasteiger partial charge in [0.1, 0.15) is 0 Å². The van der Waals surface area contributed by atoms with Crippen LogP contribution in [0.2, 0.25) is 5.02 Å². The average Bonchev–Trinajstić information content (AvgIpc) is 2.51. The first kappa shape index (κ1) is 14.9. The van der Waals surface area contributed by atoms with E-state index >= 15 is 0 Å². The molecule has 0 bridgehead atoms. The predicted octanol–water partition coefficient (Wildman–Crippen LogP) is 4.43. The van der Waals surface area contributed by atoms with E-state index in [1.165, 1.54) is 11.3 Å². The summed E-state index contributed by atoms with van der Waals surface area (Å²) in [6.07, 6.45) is 0. The van der Waals surface area contributed by atoms with Crippen molar-refractivity contribution in [2.45, 2.75) is 12.5 Å². The van der Waals surface area contributed by atoms with Crippen LogP contribution >= 0.6 is 27.5 Å². The Hall–Kier alpha value is -1.03. The molecule has 1 unspecified atom stereocenters. The molecule has 110 valence electrons. The second kappa shape index (κ2) is 5.99. The molecule has 1 aliphatic heterocycles. The third-order valence-corrected chi connectivity index (χ3v) is 5.32. The maximum absolute atomic E-state index is 6.23. The first-order valence-electron chi connectivity index (χ1n) is 7.09. The lowest BCUT2D eigenvalue weighted by Gasteiger charge is -2.43. The smallest absolute Gasteiger partial charge is 0.0584 e. The Morgan fingerprint density at radius 2 is 1.95 bits per heavy atom. The molecule has 4 heteroatoms. The van der Waals surface area contributed by atoms with Gasteiger partial charge in [-0.25, -0.2) is 0 Å². The number of hydrogen-bond acceptors (Lipinski definition) is 2. The maximum atomic E-state index is 6.23. The molecular weight excluding hydrogens is 348 g/mol. The van der Waals surface area contributed by atoms with Crippen molar-refractivity contribution in [2.24, 2.45) is 0 Å². The quantitative estimate of drug-likeness (QED) is 0.847. The highest BCUT2D eigenvalue weighted by molar-refractivity contribution is 9.10. The van der Waals surface area contributed by atoms with Crippen LogP contribution < -0.4 is 10.2 Å². The lowest BCUT2D eigenvalue weighted by atomic mass is 9.89. The van der Waals surface area contributed by atoms with E-state index in [2.05, 4.69) is 69.5 Å². The van der Waals surface area contributed by atoms with Crippen molar-refractivity contribution in [3.05, 3.63) is 63.6 Å². The number of hydrogen-bond donors (Lipinski definition) is 1. The molecule has 1 fully saturated rings. The van der Waals surface area contributed by atoms with Crippen LogP contribution in [0.4, 0.5) is 5.69 Å². The lowest BCUT2D eigenvalue weighted by Crippen LogP contribution is -2.56. The van der Waals surface area contributed by atoms with Crippen LogP contribution in [-0.2, 0) is 5.54 Å². The first-order valence-corrected chi connectivity index (χ1v) is 8.26. The van der Waals surface area contributed by atoms with Gasteiger partial charge in [-0.15, -0.1) is 0 Å². The molecule has 0 spiro atoms. The van der Waals surface area contributed by atoms with Crippen LogP contribution in [0.25, 0.3) is 0 Å². The zero-order valence-corrected chi connectivity index (χ0v) is 14.3. The summed E-state index contributed by atoms with van der Waals surface area (Å²) in [5.41, 5.74) is 2.45. The minimum Gasteiger partial charge on any atom is -0.368 e. The Morgan fingerprint density at radius 3 is 2.67 bits per heavy atom. The lowest BCUT2D eigenvalue weighted by molar-refractivity contribution is 0.332. The molecule has 1 heterocycles. The monoisotopic (exact) mass is 364 g/mol. The molecule has 1 N–H and O–H groups in total. The van der Waals surface area contributed by atoms with Gasteiger partial charge in [0.05, 0.1) is 10.6 Å². The Bertz CT molecular complexity index is 632. The van der Waals surface area contributed by atoms with E-state index in [9.17, 15) is 0 Å². The summed E-state index contributed by atoms with van der Waals surface area (Å²) in [5.74, 6) is 0. The van der Waals surface area contributed by atoms with Crippen LogP contribution in [0.3, 0.4) is 0 Å². The Labute approximate surface area is 139 Å². The molecule has 0 amide bonds.